The molecule has 1 rings (SSSR count). The number of unbranched alkanes of at least 4 members (excludes halogenated alkanes) is 7. The number of carbonyl (C=O) groups is 1. The van der Waals surface area contributed by atoms with E-state index in [2.05, 4.69) is 13.8 Å². The van der Waals surface area contributed by atoms with Gasteiger partial charge in [-0.05, 0) is 24.0 Å². The van der Waals surface area contributed by atoms with Crippen LogP contribution in [-0.4, -0.2) is 16.2 Å². The molecule has 0 amide bonds. The molecule has 0 bridgehead atoms. The fourth-order valence-electron chi connectivity index (χ4n) is 2.87. The number of rotatable bonds is 11. The molecule has 0 aliphatic rings. The topological polar surface area (TPSA) is 57.5 Å². The fraction of sp³-hybridized carbons (Fsp3) is 0.632. The molecule has 0 radical (unpaired) electrons. The van der Waals surface area contributed by atoms with E-state index in [1.807, 2.05) is 6.07 Å². The molecule has 0 aliphatic heterocycles. The second kappa shape index (κ2) is 10.3. The van der Waals surface area contributed by atoms with Crippen molar-refractivity contribution in [3.63, 3.8) is 0 Å². The van der Waals surface area contributed by atoms with Crippen LogP contribution in [0, 0.1) is 0 Å². The van der Waals surface area contributed by atoms with Crippen molar-refractivity contribution in [3.05, 3.63) is 29.3 Å². The van der Waals surface area contributed by atoms with Crippen molar-refractivity contribution < 1.29 is 15.0 Å². The van der Waals surface area contributed by atoms with Gasteiger partial charge < -0.3 is 10.2 Å². The van der Waals surface area contributed by atoms with E-state index in [4.69, 9.17) is 5.11 Å². The summed E-state index contributed by atoms with van der Waals surface area (Å²) in [6, 6.07) is 4.99. The van der Waals surface area contributed by atoms with Crippen molar-refractivity contribution in [2.75, 3.05) is 0 Å². The van der Waals surface area contributed by atoms with E-state index in [1.54, 1.807) is 6.07 Å². The van der Waals surface area contributed by atoms with Gasteiger partial charge in [-0.3, -0.25) is 0 Å². The van der Waals surface area contributed by atoms with E-state index >= 15 is 0 Å². The lowest BCUT2D eigenvalue weighted by Gasteiger charge is -2.14. The minimum atomic E-state index is -1.07. The number of aromatic carboxylic acids is 1. The molecule has 1 atom stereocenters. The third kappa shape index (κ3) is 6.08. The number of aromatic hydroxyl groups is 1. The lowest BCUT2D eigenvalue weighted by Crippen LogP contribution is -2.01. The number of phenols is 1. The van der Waals surface area contributed by atoms with Gasteiger partial charge in [0.25, 0.3) is 0 Å². The Kier molecular flexibility index (Phi) is 8.64. The third-order valence-corrected chi connectivity index (χ3v) is 4.32. The Morgan fingerprint density at radius 1 is 1.05 bits per heavy atom. The van der Waals surface area contributed by atoms with E-state index in [0.717, 1.165) is 18.4 Å². The number of para-hydroxylation sites is 1. The molecule has 0 fully saturated rings. The summed E-state index contributed by atoms with van der Waals surface area (Å²) < 4.78 is 0. The van der Waals surface area contributed by atoms with E-state index in [1.165, 1.54) is 51.0 Å². The summed E-state index contributed by atoms with van der Waals surface area (Å²) in [4.78, 5) is 11.0. The van der Waals surface area contributed by atoms with Crippen LogP contribution >= 0.6 is 0 Å². The van der Waals surface area contributed by atoms with Crippen molar-refractivity contribution in [1.82, 2.24) is 0 Å². The van der Waals surface area contributed by atoms with Crippen LogP contribution in [0.3, 0.4) is 0 Å². The van der Waals surface area contributed by atoms with Crippen LogP contribution in [0.4, 0.5) is 0 Å². The van der Waals surface area contributed by atoms with Crippen LogP contribution in [0.5, 0.6) is 5.75 Å². The number of carboxylic acid groups (broad SMARTS) is 1. The summed E-state index contributed by atoms with van der Waals surface area (Å²) in [5.41, 5.74) is 0.753. The van der Waals surface area contributed by atoms with Crippen molar-refractivity contribution in [1.29, 1.82) is 0 Å². The fourth-order valence-corrected chi connectivity index (χ4v) is 2.87. The normalized spacial score (nSPS) is 12.3. The summed E-state index contributed by atoms with van der Waals surface area (Å²) in [5.74, 6) is -0.944. The van der Waals surface area contributed by atoms with Crippen LogP contribution in [-0.2, 0) is 0 Å². The first-order valence-electron chi connectivity index (χ1n) is 8.63. The molecule has 0 heterocycles. The van der Waals surface area contributed by atoms with Crippen molar-refractivity contribution in [2.24, 2.45) is 0 Å². The van der Waals surface area contributed by atoms with Crippen LogP contribution < -0.4 is 0 Å². The number of hydrogen-bond donors (Lipinski definition) is 2. The summed E-state index contributed by atoms with van der Waals surface area (Å²) in [5, 5.41) is 19.1. The minimum absolute atomic E-state index is 0.000254. The van der Waals surface area contributed by atoms with E-state index in [-0.39, 0.29) is 17.2 Å². The average molecular weight is 306 g/mol. The van der Waals surface area contributed by atoms with Gasteiger partial charge in [0.1, 0.15) is 11.3 Å². The monoisotopic (exact) mass is 306 g/mol. The molecule has 0 spiro atoms. The second-order valence-corrected chi connectivity index (χ2v) is 6.21. The van der Waals surface area contributed by atoms with E-state index in [9.17, 15) is 9.90 Å². The number of benzene rings is 1. The molecule has 124 valence electrons. The molecule has 0 aliphatic carbocycles. The predicted molar refractivity (Wildman–Crippen MR) is 90.7 cm³/mol. The van der Waals surface area contributed by atoms with Crippen molar-refractivity contribution >= 4 is 5.97 Å². The van der Waals surface area contributed by atoms with Gasteiger partial charge in [-0.2, -0.15) is 0 Å². The summed E-state index contributed by atoms with van der Waals surface area (Å²) in [6.45, 7) is 4.29. The quantitative estimate of drug-likeness (QED) is 0.514. The zero-order valence-corrected chi connectivity index (χ0v) is 14.0. The highest BCUT2D eigenvalue weighted by Gasteiger charge is 2.16. The van der Waals surface area contributed by atoms with Crippen LogP contribution in [0.25, 0.3) is 0 Å². The van der Waals surface area contributed by atoms with Gasteiger partial charge >= 0.3 is 5.97 Å². The van der Waals surface area contributed by atoms with Crippen LogP contribution in [0.2, 0.25) is 0 Å². The molecular formula is C19H30O3. The first kappa shape index (κ1) is 18.5. The SMILES string of the molecule is CCCCCCCCCCC(C)c1cccc(C(=O)O)c1O. The largest absolute Gasteiger partial charge is 0.507 e. The highest BCUT2D eigenvalue weighted by atomic mass is 16.4. The van der Waals surface area contributed by atoms with E-state index in [0.29, 0.717) is 0 Å². The standard InChI is InChI=1S/C19H30O3/c1-3-4-5-6-7-8-9-10-12-15(2)16-13-11-14-17(18(16)20)19(21)22/h11,13-15,20H,3-10,12H2,1-2H3,(H,21,22). The Morgan fingerprint density at radius 2 is 1.64 bits per heavy atom. The maximum Gasteiger partial charge on any atom is 0.339 e. The number of hydrogen-bond acceptors (Lipinski definition) is 2. The van der Waals surface area contributed by atoms with E-state index < -0.39 is 5.97 Å². The van der Waals surface area contributed by atoms with Crippen LogP contribution in [0.1, 0.15) is 93.5 Å². The average Bonchev–Trinajstić information content (AvgIpc) is 2.49. The first-order chi connectivity index (χ1) is 10.6. The van der Waals surface area contributed by atoms with Gasteiger partial charge in [0, 0.05) is 0 Å². The molecule has 1 aromatic carbocycles. The maximum atomic E-state index is 11.0. The third-order valence-electron chi connectivity index (χ3n) is 4.32. The molecule has 0 saturated heterocycles. The highest BCUT2D eigenvalue weighted by Crippen LogP contribution is 2.32. The summed E-state index contributed by atoms with van der Waals surface area (Å²) >= 11 is 0. The molecule has 3 nitrogen and oxygen atoms in total. The summed E-state index contributed by atoms with van der Waals surface area (Å²) in [7, 11) is 0. The van der Waals surface area contributed by atoms with Gasteiger partial charge in [-0.25, -0.2) is 4.79 Å². The van der Waals surface area contributed by atoms with Gasteiger partial charge in [-0.1, -0.05) is 77.3 Å². The Hall–Kier alpha value is -1.51. The minimum Gasteiger partial charge on any atom is -0.507 e. The molecule has 22 heavy (non-hydrogen) atoms. The number of carboxylic acids is 1. The van der Waals surface area contributed by atoms with Gasteiger partial charge in [0.15, 0.2) is 0 Å². The molecule has 1 unspecified atom stereocenters. The maximum absolute atomic E-state index is 11.0. The smallest absolute Gasteiger partial charge is 0.339 e. The molecule has 0 aromatic heterocycles. The van der Waals surface area contributed by atoms with Crippen LogP contribution in [0.15, 0.2) is 18.2 Å². The van der Waals surface area contributed by atoms with Crippen molar-refractivity contribution in [2.45, 2.75) is 77.6 Å². The molecule has 1 aromatic rings. The zero-order chi connectivity index (χ0) is 16.4. The highest BCUT2D eigenvalue weighted by molar-refractivity contribution is 5.91. The second-order valence-electron chi connectivity index (χ2n) is 6.21. The molecule has 2 N–H and O–H groups in total. The molecule has 3 heteroatoms. The lowest BCUT2D eigenvalue weighted by molar-refractivity contribution is 0.0693. The molecule has 0 saturated carbocycles. The lowest BCUT2D eigenvalue weighted by atomic mass is 9.92. The van der Waals surface area contributed by atoms with Gasteiger partial charge in [-0.15, -0.1) is 0 Å². The Morgan fingerprint density at radius 3 is 2.23 bits per heavy atom. The Labute approximate surface area is 134 Å². The predicted octanol–water partition coefficient (Wildman–Crippen LogP) is 5.72. The Balaban J connectivity index is 2.32. The Bertz CT molecular complexity index is 454. The van der Waals surface area contributed by atoms with Crippen molar-refractivity contribution in [3.8, 4) is 5.75 Å². The van der Waals surface area contributed by atoms with Gasteiger partial charge in [0.05, 0.1) is 0 Å². The molecular weight excluding hydrogens is 276 g/mol. The van der Waals surface area contributed by atoms with Gasteiger partial charge in [0.2, 0.25) is 0 Å². The zero-order valence-electron chi connectivity index (χ0n) is 14.0. The first-order valence-corrected chi connectivity index (χ1v) is 8.63. The summed E-state index contributed by atoms with van der Waals surface area (Å²) in [6.07, 6.45) is 11.2.